The second kappa shape index (κ2) is 5.20. The van der Waals surface area contributed by atoms with Gasteiger partial charge in [-0.1, -0.05) is 11.6 Å². The highest BCUT2D eigenvalue weighted by atomic mass is 35.5. The third-order valence-corrected chi connectivity index (χ3v) is 4.23. The number of rotatable bonds is 4. The number of halogens is 1. The fourth-order valence-corrected chi connectivity index (χ4v) is 2.65. The van der Waals surface area contributed by atoms with Crippen molar-refractivity contribution in [3.05, 3.63) is 41.2 Å². The molecule has 2 aromatic rings. The van der Waals surface area contributed by atoms with Crippen molar-refractivity contribution in [2.24, 2.45) is 7.05 Å². The Labute approximate surface area is 116 Å². The van der Waals surface area contributed by atoms with Crippen molar-refractivity contribution in [3.8, 4) is 0 Å². The van der Waals surface area contributed by atoms with Gasteiger partial charge in [0.05, 0.1) is 27.8 Å². The van der Waals surface area contributed by atoms with E-state index in [1.54, 1.807) is 24.0 Å². The number of benzene rings is 1. The number of anilines is 1. The number of hydrogen-bond acceptors (Lipinski definition) is 4. The number of aromatic nitrogens is 2. The molecule has 19 heavy (non-hydrogen) atoms. The molecule has 0 saturated carbocycles. The highest BCUT2D eigenvalue weighted by molar-refractivity contribution is 7.89. The zero-order valence-corrected chi connectivity index (χ0v) is 11.7. The van der Waals surface area contributed by atoms with Crippen LogP contribution in [0.1, 0.15) is 5.69 Å². The predicted octanol–water partition coefficient (Wildman–Crippen LogP) is 1.13. The van der Waals surface area contributed by atoms with E-state index in [0.29, 0.717) is 10.7 Å². The van der Waals surface area contributed by atoms with Gasteiger partial charge >= 0.3 is 0 Å². The van der Waals surface area contributed by atoms with Gasteiger partial charge in [-0.25, -0.2) is 13.1 Å². The summed E-state index contributed by atoms with van der Waals surface area (Å²) in [5.74, 6) is 0. The maximum atomic E-state index is 12.0. The van der Waals surface area contributed by atoms with Gasteiger partial charge in [-0.15, -0.1) is 0 Å². The molecule has 0 saturated heterocycles. The first kappa shape index (κ1) is 13.9. The molecule has 2 rings (SSSR count). The molecule has 3 N–H and O–H groups in total. The average molecular weight is 301 g/mol. The SMILES string of the molecule is Cn1ccc(CNS(=O)(=O)c2ccc(Cl)c(N)c2)n1. The summed E-state index contributed by atoms with van der Waals surface area (Å²) in [6.45, 7) is 0.117. The van der Waals surface area contributed by atoms with Crippen LogP contribution in [0, 0.1) is 0 Å². The van der Waals surface area contributed by atoms with E-state index in [1.165, 1.54) is 18.2 Å². The van der Waals surface area contributed by atoms with E-state index in [-0.39, 0.29) is 17.1 Å². The van der Waals surface area contributed by atoms with Crippen LogP contribution in [0.25, 0.3) is 0 Å². The molecule has 0 unspecified atom stereocenters. The molecule has 0 amide bonds. The number of nitrogen functional groups attached to an aromatic ring is 1. The van der Waals surface area contributed by atoms with Crippen LogP contribution in [0.15, 0.2) is 35.4 Å². The topological polar surface area (TPSA) is 90.0 Å². The van der Waals surface area contributed by atoms with Crippen molar-refractivity contribution in [3.63, 3.8) is 0 Å². The summed E-state index contributed by atoms with van der Waals surface area (Å²) in [5, 5.41) is 4.41. The molecule has 0 fully saturated rings. The van der Waals surface area contributed by atoms with Crippen LogP contribution in [0.4, 0.5) is 5.69 Å². The predicted molar refractivity (Wildman–Crippen MR) is 73.1 cm³/mol. The fourth-order valence-electron chi connectivity index (χ4n) is 1.50. The third kappa shape index (κ3) is 3.25. The van der Waals surface area contributed by atoms with Crippen LogP contribution >= 0.6 is 11.6 Å². The van der Waals surface area contributed by atoms with Crippen LogP contribution < -0.4 is 10.5 Å². The molecule has 1 heterocycles. The van der Waals surface area contributed by atoms with Gasteiger partial charge in [0.25, 0.3) is 0 Å². The van der Waals surface area contributed by atoms with E-state index in [4.69, 9.17) is 17.3 Å². The van der Waals surface area contributed by atoms with Crippen LogP contribution in [0.2, 0.25) is 5.02 Å². The lowest BCUT2D eigenvalue weighted by molar-refractivity contribution is 0.579. The van der Waals surface area contributed by atoms with Crippen molar-refractivity contribution >= 4 is 27.3 Å². The molecule has 0 aliphatic heterocycles. The van der Waals surface area contributed by atoms with Gasteiger partial charge in [-0.05, 0) is 24.3 Å². The number of aryl methyl sites for hydroxylation is 1. The van der Waals surface area contributed by atoms with Gasteiger partial charge < -0.3 is 5.73 Å². The number of sulfonamides is 1. The summed E-state index contributed by atoms with van der Waals surface area (Å²) < 4.78 is 28.1. The molecular formula is C11H13ClN4O2S. The Morgan fingerprint density at radius 1 is 1.42 bits per heavy atom. The molecule has 0 aliphatic rings. The summed E-state index contributed by atoms with van der Waals surface area (Å²) >= 11 is 5.75. The second-order valence-corrected chi connectivity index (χ2v) is 6.16. The maximum absolute atomic E-state index is 12.0. The largest absolute Gasteiger partial charge is 0.397 e. The van der Waals surface area contributed by atoms with E-state index in [9.17, 15) is 8.42 Å². The Kier molecular flexibility index (Phi) is 3.79. The lowest BCUT2D eigenvalue weighted by atomic mass is 10.3. The van der Waals surface area contributed by atoms with Gasteiger partial charge in [0.1, 0.15) is 0 Å². The van der Waals surface area contributed by atoms with Gasteiger partial charge in [0, 0.05) is 13.2 Å². The minimum Gasteiger partial charge on any atom is -0.397 e. The van der Waals surface area contributed by atoms with Gasteiger partial charge in [0.15, 0.2) is 0 Å². The number of hydrogen-bond donors (Lipinski definition) is 2. The Balaban J connectivity index is 2.16. The van der Waals surface area contributed by atoms with E-state index in [0.717, 1.165) is 0 Å². The van der Waals surface area contributed by atoms with Gasteiger partial charge in [-0.3, -0.25) is 4.68 Å². The van der Waals surface area contributed by atoms with E-state index < -0.39 is 10.0 Å². The van der Waals surface area contributed by atoms with Crippen molar-refractivity contribution in [2.75, 3.05) is 5.73 Å². The van der Waals surface area contributed by atoms with Gasteiger partial charge in [-0.2, -0.15) is 5.10 Å². The van der Waals surface area contributed by atoms with Crippen molar-refractivity contribution < 1.29 is 8.42 Å². The first-order valence-electron chi connectivity index (χ1n) is 5.42. The quantitative estimate of drug-likeness (QED) is 0.828. The normalized spacial score (nSPS) is 11.7. The Bertz CT molecular complexity index is 696. The maximum Gasteiger partial charge on any atom is 0.240 e. The zero-order chi connectivity index (χ0) is 14.0. The highest BCUT2D eigenvalue weighted by Crippen LogP contribution is 2.22. The molecule has 0 spiro atoms. The third-order valence-electron chi connectivity index (χ3n) is 2.49. The van der Waals surface area contributed by atoms with Crippen LogP contribution in [0.3, 0.4) is 0 Å². The minimum absolute atomic E-state index is 0.0744. The Morgan fingerprint density at radius 3 is 2.74 bits per heavy atom. The molecule has 0 aliphatic carbocycles. The summed E-state index contributed by atoms with van der Waals surface area (Å²) in [4.78, 5) is 0.0744. The van der Waals surface area contributed by atoms with Crippen molar-refractivity contribution in [1.82, 2.24) is 14.5 Å². The summed E-state index contributed by atoms with van der Waals surface area (Å²) in [6.07, 6.45) is 1.74. The molecule has 0 atom stereocenters. The second-order valence-electron chi connectivity index (χ2n) is 3.99. The molecule has 6 nitrogen and oxygen atoms in total. The molecule has 102 valence electrons. The number of nitrogens with zero attached hydrogens (tertiary/aromatic N) is 2. The molecule has 1 aromatic carbocycles. The molecule has 0 bridgehead atoms. The average Bonchev–Trinajstić information content (AvgIpc) is 2.76. The first-order chi connectivity index (χ1) is 8.88. The Morgan fingerprint density at radius 2 is 2.16 bits per heavy atom. The minimum atomic E-state index is -3.63. The number of nitrogens with two attached hydrogens (primary N) is 1. The van der Waals surface area contributed by atoms with Gasteiger partial charge in [0.2, 0.25) is 10.0 Å². The lowest BCUT2D eigenvalue weighted by Gasteiger charge is -2.07. The van der Waals surface area contributed by atoms with Crippen molar-refractivity contribution in [1.29, 1.82) is 0 Å². The summed E-state index contributed by atoms with van der Waals surface area (Å²) in [6, 6.07) is 5.91. The molecule has 1 aromatic heterocycles. The summed E-state index contributed by atoms with van der Waals surface area (Å²) in [5.41, 5.74) is 6.44. The lowest BCUT2D eigenvalue weighted by Crippen LogP contribution is -2.23. The van der Waals surface area contributed by atoms with Crippen LogP contribution in [-0.2, 0) is 23.6 Å². The molecule has 0 radical (unpaired) electrons. The Hall–Kier alpha value is -1.57. The highest BCUT2D eigenvalue weighted by Gasteiger charge is 2.15. The van der Waals surface area contributed by atoms with Crippen LogP contribution in [0.5, 0.6) is 0 Å². The van der Waals surface area contributed by atoms with E-state index in [2.05, 4.69) is 9.82 Å². The molecular weight excluding hydrogens is 288 g/mol. The van der Waals surface area contributed by atoms with Crippen molar-refractivity contribution in [2.45, 2.75) is 11.4 Å². The van der Waals surface area contributed by atoms with Crippen LogP contribution in [-0.4, -0.2) is 18.2 Å². The van der Waals surface area contributed by atoms with E-state index in [1.807, 2.05) is 0 Å². The monoisotopic (exact) mass is 300 g/mol. The zero-order valence-electron chi connectivity index (χ0n) is 10.2. The first-order valence-corrected chi connectivity index (χ1v) is 7.28. The molecule has 8 heteroatoms. The summed E-state index contributed by atoms with van der Waals surface area (Å²) in [7, 11) is -1.86. The standard InChI is InChI=1S/C11H13ClN4O2S/c1-16-5-4-8(15-16)7-14-19(17,18)9-2-3-10(12)11(13)6-9/h2-6,14H,7,13H2,1H3. The van der Waals surface area contributed by atoms with E-state index >= 15 is 0 Å². The smallest absolute Gasteiger partial charge is 0.240 e. The fraction of sp³-hybridized carbons (Fsp3) is 0.182. The number of nitrogens with one attached hydrogen (secondary N) is 1.